The summed E-state index contributed by atoms with van der Waals surface area (Å²) in [6, 6.07) is 13.9. The Labute approximate surface area is 191 Å². The fraction of sp³-hybridized carbons (Fsp3) is 0.417. The molecule has 1 unspecified atom stereocenters. The highest BCUT2D eigenvalue weighted by atomic mass is 32.2. The number of rotatable bonds is 11. The molecule has 32 heavy (non-hydrogen) atoms. The van der Waals surface area contributed by atoms with Gasteiger partial charge in [-0.2, -0.15) is 0 Å². The second kappa shape index (κ2) is 11.7. The first-order chi connectivity index (χ1) is 15.1. The first-order valence-corrected chi connectivity index (χ1v) is 12.3. The van der Waals surface area contributed by atoms with Crippen LogP contribution in [0.25, 0.3) is 0 Å². The summed E-state index contributed by atoms with van der Waals surface area (Å²) < 4.78 is 27.9. The summed E-state index contributed by atoms with van der Waals surface area (Å²) in [5.74, 6) is -0.430. The van der Waals surface area contributed by atoms with Crippen LogP contribution in [-0.4, -0.2) is 39.4 Å². The topological polar surface area (TPSA) is 95.6 Å². The third kappa shape index (κ3) is 7.37. The third-order valence-electron chi connectivity index (χ3n) is 5.17. The van der Waals surface area contributed by atoms with Gasteiger partial charge in [0.15, 0.2) is 0 Å². The van der Waals surface area contributed by atoms with Crippen molar-refractivity contribution in [2.75, 3.05) is 17.4 Å². The predicted molar refractivity (Wildman–Crippen MR) is 127 cm³/mol. The summed E-state index contributed by atoms with van der Waals surface area (Å²) in [6.45, 7) is 7.91. The Kier molecular flexibility index (Phi) is 9.26. The fourth-order valence-electron chi connectivity index (χ4n) is 2.99. The molecule has 0 bridgehead atoms. The maximum absolute atomic E-state index is 13.3. The lowest BCUT2D eigenvalue weighted by molar-refractivity contribution is -0.122. The molecule has 0 aliphatic heterocycles. The molecule has 0 aliphatic rings. The van der Waals surface area contributed by atoms with Gasteiger partial charge in [-0.15, -0.1) is 0 Å². The zero-order chi connectivity index (χ0) is 23.7. The van der Waals surface area contributed by atoms with Gasteiger partial charge in [-0.3, -0.25) is 13.9 Å². The molecule has 2 aromatic carbocycles. The Bertz CT molecular complexity index is 1000. The average Bonchev–Trinajstić information content (AvgIpc) is 2.75. The van der Waals surface area contributed by atoms with E-state index >= 15 is 0 Å². The lowest BCUT2D eigenvalue weighted by Crippen LogP contribution is -2.37. The van der Waals surface area contributed by atoms with Crippen molar-refractivity contribution in [2.45, 2.75) is 57.9 Å². The van der Waals surface area contributed by atoms with Crippen LogP contribution in [0.1, 0.15) is 44.2 Å². The molecule has 7 nitrogen and oxygen atoms in total. The summed E-state index contributed by atoms with van der Waals surface area (Å²) in [5, 5.41) is 5.54. The van der Waals surface area contributed by atoms with E-state index in [2.05, 4.69) is 10.6 Å². The Morgan fingerprint density at radius 2 is 1.47 bits per heavy atom. The molecule has 1 atom stereocenters. The number of hydrogen-bond acceptors (Lipinski definition) is 4. The number of aryl methyl sites for hydroxylation is 2. The number of hydrogen-bond donors (Lipinski definition) is 2. The molecule has 0 saturated carbocycles. The maximum atomic E-state index is 13.3. The monoisotopic (exact) mass is 459 g/mol. The molecule has 2 rings (SSSR count). The van der Waals surface area contributed by atoms with E-state index in [0.29, 0.717) is 5.69 Å². The minimum atomic E-state index is -3.84. The number of anilines is 1. The Morgan fingerprint density at radius 1 is 0.906 bits per heavy atom. The molecule has 2 aromatic rings. The second-order valence-corrected chi connectivity index (χ2v) is 9.81. The van der Waals surface area contributed by atoms with Crippen LogP contribution in [0, 0.1) is 13.8 Å². The number of carbonyl (C=O) groups is 2. The number of nitrogens with one attached hydrogen (secondary N) is 2. The zero-order valence-electron chi connectivity index (χ0n) is 19.2. The van der Waals surface area contributed by atoms with Gasteiger partial charge >= 0.3 is 0 Å². The summed E-state index contributed by atoms with van der Waals surface area (Å²) in [7, 11) is -3.84. The zero-order valence-corrected chi connectivity index (χ0v) is 20.0. The Morgan fingerprint density at radius 3 is 2.03 bits per heavy atom. The molecule has 0 heterocycles. The summed E-state index contributed by atoms with van der Waals surface area (Å²) >= 11 is 0. The molecular formula is C24H33N3O4S. The third-order valence-corrected chi connectivity index (χ3v) is 7.01. The summed E-state index contributed by atoms with van der Waals surface area (Å²) in [5.41, 5.74) is 2.47. The van der Waals surface area contributed by atoms with E-state index in [1.807, 2.05) is 39.8 Å². The molecule has 2 N–H and O–H groups in total. The Hall–Kier alpha value is -2.87. The van der Waals surface area contributed by atoms with E-state index in [4.69, 9.17) is 0 Å². The first kappa shape index (κ1) is 25.4. The van der Waals surface area contributed by atoms with E-state index in [9.17, 15) is 18.0 Å². The first-order valence-electron chi connectivity index (χ1n) is 10.9. The molecule has 0 aromatic heterocycles. The van der Waals surface area contributed by atoms with Crippen LogP contribution in [0.5, 0.6) is 0 Å². The molecule has 0 spiro atoms. The van der Waals surface area contributed by atoms with Crippen LogP contribution in [0.4, 0.5) is 5.69 Å². The van der Waals surface area contributed by atoms with Crippen molar-refractivity contribution < 1.29 is 18.0 Å². The number of sulfonamides is 1. The van der Waals surface area contributed by atoms with Crippen LogP contribution in [-0.2, 0) is 19.6 Å². The predicted octanol–water partition coefficient (Wildman–Crippen LogP) is 3.31. The normalized spacial score (nSPS) is 12.1. The van der Waals surface area contributed by atoms with Crippen LogP contribution in [0.3, 0.4) is 0 Å². The highest BCUT2D eigenvalue weighted by Crippen LogP contribution is 2.24. The molecule has 0 aliphatic carbocycles. The van der Waals surface area contributed by atoms with Gasteiger partial charge in [0.25, 0.3) is 10.0 Å². The van der Waals surface area contributed by atoms with Gasteiger partial charge in [-0.25, -0.2) is 8.42 Å². The average molecular weight is 460 g/mol. The van der Waals surface area contributed by atoms with Crippen LogP contribution < -0.4 is 14.9 Å². The van der Waals surface area contributed by atoms with Crippen molar-refractivity contribution in [3.05, 3.63) is 59.7 Å². The fourth-order valence-corrected chi connectivity index (χ4v) is 4.46. The maximum Gasteiger partial charge on any atom is 0.264 e. The van der Waals surface area contributed by atoms with Gasteiger partial charge in [0, 0.05) is 32.0 Å². The Balaban J connectivity index is 2.06. The molecular weight excluding hydrogens is 426 g/mol. The van der Waals surface area contributed by atoms with Gasteiger partial charge in [-0.1, -0.05) is 42.3 Å². The largest absolute Gasteiger partial charge is 0.356 e. The lowest BCUT2D eigenvalue weighted by Gasteiger charge is -2.24. The molecule has 174 valence electrons. The van der Waals surface area contributed by atoms with Crippen LogP contribution >= 0.6 is 0 Å². The standard InChI is InChI=1S/C24H33N3O4S/c1-5-20(4)26-24(29)14-16-25-23(28)15-17-27(21-10-6-18(2)7-11-21)32(30,31)22-12-8-19(3)9-13-22/h6-13,20H,5,14-17H2,1-4H3,(H,25,28)(H,26,29). The van der Waals surface area contributed by atoms with E-state index in [-0.39, 0.29) is 48.7 Å². The van der Waals surface area contributed by atoms with Crippen molar-refractivity contribution in [1.29, 1.82) is 0 Å². The number of amides is 2. The number of carbonyl (C=O) groups excluding carboxylic acids is 2. The highest BCUT2D eigenvalue weighted by molar-refractivity contribution is 7.92. The molecule has 2 amide bonds. The SMILES string of the molecule is CCC(C)NC(=O)CCNC(=O)CCN(c1ccc(C)cc1)S(=O)(=O)c1ccc(C)cc1. The van der Waals surface area contributed by atoms with Crippen molar-refractivity contribution >= 4 is 27.5 Å². The summed E-state index contributed by atoms with van der Waals surface area (Å²) in [4.78, 5) is 24.3. The second-order valence-electron chi connectivity index (χ2n) is 7.95. The van der Waals surface area contributed by atoms with Crippen molar-refractivity contribution in [3.63, 3.8) is 0 Å². The quantitative estimate of drug-likeness (QED) is 0.539. The number of nitrogens with zero attached hydrogens (tertiary/aromatic N) is 1. The van der Waals surface area contributed by atoms with Crippen LogP contribution in [0.15, 0.2) is 53.4 Å². The summed E-state index contributed by atoms with van der Waals surface area (Å²) in [6.07, 6.45) is 0.994. The minimum Gasteiger partial charge on any atom is -0.356 e. The molecule has 0 fully saturated rings. The lowest BCUT2D eigenvalue weighted by atomic mass is 10.2. The number of benzene rings is 2. The smallest absolute Gasteiger partial charge is 0.264 e. The highest BCUT2D eigenvalue weighted by Gasteiger charge is 2.25. The van der Waals surface area contributed by atoms with Gasteiger partial charge < -0.3 is 10.6 Å². The van der Waals surface area contributed by atoms with Crippen LogP contribution in [0.2, 0.25) is 0 Å². The molecule has 0 radical (unpaired) electrons. The van der Waals surface area contributed by atoms with Gasteiger partial charge in [0.2, 0.25) is 11.8 Å². The molecule has 8 heteroatoms. The molecule has 0 saturated heterocycles. The van der Waals surface area contributed by atoms with E-state index in [0.717, 1.165) is 17.5 Å². The van der Waals surface area contributed by atoms with Gasteiger partial charge in [0.1, 0.15) is 0 Å². The van der Waals surface area contributed by atoms with Crippen molar-refractivity contribution in [1.82, 2.24) is 10.6 Å². The van der Waals surface area contributed by atoms with E-state index < -0.39 is 10.0 Å². The van der Waals surface area contributed by atoms with Gasteiger partial charge in [-0.05, 0) is 51.5 Å². The van der Waals surface area contributed by atoms with Gasteiger partial charge in [0.05, 0.1) is 10.6 Å². The van der Waals surface area contributed by atoms with Crippen molar-refractivity contribution in [3.8, 4) is 0 Å². The van der Waals surface area contributed by atoms with E-state index in [1.54, 1.807) is 36.4 Å². The minimum absolute atomic E-state index is 0.00975. The van der Waals surface area contributed by atoms with E-state index in [1.165, 1.54) is 4.31 Å². The van der Waals surface area contributed by atoms with Crippen molar-refractivity contribution in [2.24, 2.45) is 0 Å².